The fourth-order valence-corrected chi connectivity index (χ4v) is 1.98. The van der Waals surface area contributed by atoms with Gasteiger partial charge in [-0.3, -0.25) is 9.00 Å². The highest BCUT2D eigenvalue weighted by atomic mass is 32.2. The molecule has 0 aliphatic carbocycles. The van der Waals surface area contributed by atoms with E-state index in [4.69, 9.17) is 5.73 Å². The van der Waals surface area contributed by atoms with Crippen molar-refractivity contribution in [3.8, 4) is 0 Å². The second kappa shape index (κ2) is 6.69. The molecule has 1 heterocycles. The zero-order valence-electron chi connectivity index (χ0n) is 10.7. The van der Waals surface area contributed by atoms with E-state index in [0.717, 1.165) is 6.07 Å². The Labute approximate surface area is 116 Å². The van der Waals surface area contributed by atoms with Gasteiger partial charge in [0.1, 0.15) is 11.5 Å². The lowest BCUT2D eigenvalue weighted by atomic mass is 10.2. The van der Waals surface area contributed by atoms with Crippen LogP contribution >= 0.6 is 0 Å². The van der Waals surface area contributed by atoms with Crippen molar-refractivity contribution in [2.24, 2.45) is 5.73 Å². The predicted molar refractivity (Wildman–Crippen MR) is 69.8 cm³/mol. The molecule has 1 amide bonds. The molecule has 5 nitrogen and oxygen atoms in total. The Morgan fingerprint density at radius 3 is 2.60 bits per heavy atom. The van der Waals surface area contributed by atoms with Gasteiger partial charge in [0.15, 0.2) is 0 Å². The zero-order valence-corrected chi connectivity index (χ0v) is 11.5. The van der Waals surface area contributed by atoms with Crippen molar-refractivity contribution in [3.63, 3.8) is 0 Å². The molecule has 1 rings (SSSR count). The van der Waals surface area contributed by atoms with Crippen molar-refractivity contribution in [1.82, 2.24) is 4.98 Å². The van der Waals surface area contributed by atoms with Gasteiger partial charge in [-0.05, 0) is 18.6 Å². The number of rotatable bonds is 6. The Morgan fingerprint density at radius 1 is 1.45 bits per heavy atom. The van der Waals surface area contributed by atoms with Gasteiger partial charge >= 0.3 is 6.18 Å². The summed E-state index contributed by atoms with van der Waals surface area (Å²) in [6.45, 7) is 0.244. The summed E-state index contributed by atoms with van der Waals surface area (Å²) in [5.41, 5.74) is 3.85. The van der Waals surface area contributed by atoms with Crippen molar-refractivity contribution in [1.29, 1.82) is 0 Å². The van der Waals surface area contributed by atoms with Crippen LogP contribution in [0.4, 0.5) is 19.0 Å². The average Bonchev–Trinajstić information content (AvgIpc) is 2.32. The number of halogens is 3. The molecule has 0 aromatic carbocycles. The third-order valence-electron chi connectivity index (χ3n) is 2.35. The van der Waals surface area contributed by atoms with Crippen molar-refractivity contribution in [3.05, 3.63) is 23.4 Å². The van der Waals surface area contributed by atoms with Gasteiger partial charge < -0.3 is 11.1 Å². The van der Waals surface area contributed by atoms with E-state index in [0.29, 0.717) is 18.2 Å². The first-order valence-electron chi connectivity index (χ1n) is 5.63. The first-order valence-corrected chi connectivity index (χ1v) is 7.36. The van der Waals surface area contributed by atoms with Crippen LogP contribution in [0.5, 0.6) is 0 Å². The fourth-order valence-electron chi connectivity index (χ4n) is 1.43. The van der Waals surface area contributed by atoms with Gasteiger partial charge in [0.25, 0.3) is 5.91 Å². The molecule has 0 radical (unpaired) electrons. The number of hydrogen-bond donors (Lipinski definition) is 2. The highest BCUT2D eigenvalue weighted by molar-refractivity contribution is 7.84. The summed E-state index contributed by atoms with van der Waals surface area (Å²) in [7, 11) is -0.988. The summed E-state index contributed by atoms with van der Waals surface area (Å²) in [6.07, 6.45) is -2.60. The van der Waals surface area contributed by atoms with E-state index in [9.17, 15) is 22.2 Å². The monoisotopic (exact) mass is 309 g/mol. The lowest BCUT2D eigenvalue weighted by Crippen LogP contribution is -2.19. The number of carbonyl (C=O) groups excluding carboxylic acids is 1. The van der Waals surface area contributed by atoms with Crippen LogP contribution in [0.1, 0.15) is 22.5 Å². The summed E-state index contributed by atoms with van der Waals surface area (Å²) in [5, 5.41) is 2.62. The SMILES string of the molecule is CS(=O)CCCNc1nc(C(F)(F)F)ccc1C(N)=O. The number of pyridine rings is 1. The maximum atomic E-state index is 12.5. The second-order valence-corrected chi connectivity index (χ2v) is 5.57. The molecule has 112 valence electrons. The first kappa shape index (κ1) is 16.4. The van der Waals surface area contributed by atoms with E-state index in [1.165, 1.54) is 6.26 Å². The Bertz CT molecular complexity index is 520. The highest BCUT2D eigenvalue weighted by Gasteiger charge is 2.33. The number of carbonyl (C=O) groups is 1. The summed E-state index contributed by atoms with van der Waals surface area (Å²) in [4.78, 5) is 14.5. The smallest absolute Gasteiger partial charge is 0.369 e. The molecule has 1 atom stereocenters. The van der Waals surface area contributed by atoms with Gasteiger partial charge in [0.2, 0.25) is 0 Å². The molecule has 0 saturated heterocycles. The highest BCUT2D eigenvalue weighted by Crippen LogP contribution is 2.29. The number of nitrogens with two attached hydrogens (primary N) is 1. The molecule has 0 bridgehead atoms. The van der Waals surface area contributed by atoms with Crippen LogP contribution in [0.2, 0.25) is 0 Å². The van der Waals surface area contributed by atoms with Gasteiger partial charge in [0.05, 0.1) is 5.56 Å². The summed E-state index contributed by atoms with van der Waals surface area (Å²) < 4.78 is 48.5. The number of amides is 1. The number of hydrogen-bond acceptors (Lipinski definition) is 4. The van der Waals surface area contributed by atoms with Gasteiger partial charge in [-0.1, -0.05) is 0 Å². The molecule has 0 fully saturated rings. The van der Waals surface area contributed by atoms with E-state index < -0.39 is 28.6 Å². The Kier molecular flexibility index (Phi) is 5.49. The minimum Gasteiger partial charge on any atom is -0.369 e. The van der Waals surface area contributed by atoms with E-state index in [1.807, 2.05) is 0 Å². The van der Waals surface area contributed by atoms with Crippen molar-refractivity contribution in [2.45, 2.75) is 12.6 Å². The number of alkyl halides is 3. The molecule has 0 saturated carbocycles. The largest absolute Gasteiger partial charge is 0.433 e. The third kappa shape index (κ3) is 4.80. The van der Waals surface area contributed by atoms with Crippen molar-refractivity contribution in [2.75, 3.05) is 23.9 Å². The Hall–Kier alpha value is -1.64. The number of nitrogens with one attached hydrogen (secondary N) is 1. The average molecular weight is 309 g/mol. The Balaban J connectivity index is 2.89. The van der Waals surface area contributed by atoms with Gasteiger partial charge in [-0.15, -0.1) is 0 Å². The predicted octanol–water partition coefficient (Wildman–Crippen LogP) is 1.38. The molecule has 3 N–H and O–H groups in total. The van der Waals surface area contributed by atoms with Crippen LogP contribution in [0.15, 0.2) is 12.1 Å². The normalized spacial score (nSPS) is 13.0. The van der Waals surface area contributed by atoms with Crippen LogP contribution < -0.4 is 11.1 Å². The number of anilines is 1. The van der Waals surface area contributed by atoms with Gasteiger partial charge in [-0.25, -0.2) is 4.98 Å². The van der Waals surface area contributed by atoms with Crippen LogP contribution in [0, 0.1) is 0 Å². The van der Waals surface area contributed by atoms with Crippen molar-refractivity contribution < 1.29 is 22.2 Å². The molecule has 9 heteroatoms. The van der Waals surface area contributed by atoms with E-state index in [1.54, 1.807) is 0 Å². The summed E-state index contributed by atoms with van der Waals surface area (Å²) in [5.74, 6) is -0.681. The molecular formula is C11H14F3N3O2S. The van der Waals surface area contributed by atoms with Gasteiger partial charge in [0, 0.05) is 29.4 Å². The summed E-state index contributed by atoms with van der Waals surface area (Å²) >= 11 is 0. The fraction of sp³-hybridized carbons (Fsp3) is 0.455. The minimum absolute atomic E-state index is 0.115. The van der Waals surface area contributed by atoms with Crippen molar-refractivity contribution >= 4 is 22.5 Å². The standard InChI is InChI=1S/C11H14F3N3O2S/c1-20(19)6-2-5-16-10-7(9(15)18)3-4-8(17-10)11(12,13)14/h3-4H,2,5-6H2,1H3,(H2,15,18)(H,16,17). The third-order valence-corrected chi connectivity index (χ3v) is 3.22. The maximum absolute atomic E-state index is 12.5. The first-order chi connectivity index (χ1) is 9.21. The van der Waals surface area contributed by atoms with E-state index >= 15 is 0 Å². The molecule has 0 aliphatic heterocycles. The second-order valence-electron chi connectivity index (χ2n) is 4.01. The molecule has 1 aromatic heterocycles. The lowest BCUT2D eigenvalue weighted by Gasteiger charge is -2.12. The molecule has 0 aliphatic rings. The lowest BCUT2D eigenvalue weighted by molar-refractivity contribution is -0.141. The molecule has 0 spiro atoms. The quantitative estimate of drug-likeness (QED) is 0.777. The minimum atomic E-state index is -4.60. The van der Waals surface area contributed by atoms with Crippen LogP contribution in [0.25, 0.3) is 0 Å². The Morgan fingerprint density at radius 2 is 2.10 bits per heavy atom. The molecular weight excluding hydrogens is 295 g/mol. The number of primary amides is 1. The van der Waals surface area contributed by atoms with E-state index in [-0.39, 0.29) is 17.9 Å². The van der Waals surface area contributed by atoms with Crippen LogP contribution in [0.3, 0.4) is 0 Å². The molecule has 1 unspecified atom stereocenters. The zero-order chi connectivity index (χ0) is 15.3. The molecule has 20 heavy (non-hydrogen) atoms. The van der Waals surface area contributed by atoms with E-state index in [2.05, 4.69) is 10.3 Å². The van der Waals surface area contributed by atoms with Gasteiger partial charge in [-0.2, -0.15) is 13.2 Å². The molecule has 1 aromatic rings. The number of aromatic nitrogens is 1. The van der Waals surface area contributed by atoms with Crippen LogP contribution in [-0.2, 0) is 17.0 Å². The topological polar surface area (TPSA) is 85.1 Å². The van der Waals surface area contributed by atoms with Crippen LogP contribution in [-0.4, -0.2) is 33.7 Å². The summed E-state index contributed by atoms with van der Waals surface area (Å²) in [6, 6.07) is 1.69. The maximum Gasteiger partial charge on any atom is 0.433 e. The number of nitrogens with zero attached hydrogens (tertiary/aromatic N) is 1.